The predicted molar refractivity (Wildman–Crippen MR) is 80.5 cm³/mol. The van der Waals surface area contributed by atoms with Crippen LogP contribution in [0.5, 0.6) is 0 Å². The van der Waals surface area contributed by atoms with E-state index in [-0.39, 0.29) is 26.5 Å². The van der Waals surface area contributed by atoms with Crippen LogP contribution in [0.15, 0.2) is 41.3 Å². The molecule has 2 aromatic rings. The number of halogens is 4. The van der Waals surface area contributed by atoms with Gasteiger partial charge in [0.25, 0.3) is 11.7 Å². The van der Waals surface area contributed by atoms with E-state index < -0.39 is 11.7 Å². The molecule has 1 N–H and O–H groups in total. The second-order valence-corrected chi connectivity index (χ2v) is 5.64. The number of hydrogen-bond donors (Lipinski definition) is 1. The van der Waals surface area contributed by atoms with Crippen molar-refractivity contribution >= 4 is 46.6 Å². The third kappa shape index (κ3) is 4.56. The molecule has 0 fully saturated rings. The van der Waals surface area contributed by atoms with Crippen LogP contribution in [0.3, 0.4) is 0 Å². The fraction of sp³-hybridized carbons (Fsp3) is 0.0769. The van der Waals surface area contributed by atoms with Gasteiger partial charge < -0.3 is 5.32 Å². The van der Waals surface area contributed by atoms with Crippen LogP contribution in [0.4, 0.5) is 14.5 Å². The van der Waals surface area contributed by atoms with Crippen LogP contribution in [-0.2, 0) is 0 Å². The molecule has 0 aliphatic carbocycles. The van der Waals surface area contributed by atoms with Crippen LogP contribution in [0.2, 0.25) is 10.3 Å². The molecule has 1 aromatic carbocycles. The summed E-state index contributed by atoms with van der Waals surface area (Å²) in [5.74, 6) is -3.09. The average molecular weight is 349 g/mol. The Bertz CT molecular complexity index is 650. The molecular weight excluding hydrogens is 341 g/mol. The zero-order valence-corrected chi connectivity index (χ0v) is 12.6. The Morgan fingerprint density at radius 3 is 2.43 bits per heavy atom. The molecule has 0 radical (unpaired) electrons. The van der Waals surface area contributed by atoms with Gasteiger partial charge >= 0.3 is 0 Å². The number of alkyl halides is 2. The molecule has 0 unspecified atom stereocenters. The van der Waals surface area contributed by atoms with Crippen molar-refractivity contribution in [1.29, 1.82) is 0 Å². The summed E-state index contributed by atoms with van der Waals surface area (Å²) < 4.78 is 24.9. The summed E-state index contributed by atoms with van der Waals surface area (Å²) in [6.45, 7) is 0. The van der Waals surface area contributed by atoms with Gasteiger partial charge in [-0.05, 0) is 24.3 Å². The van der Waals surface area contributed by atoms with Crippen molar-refractivity contribution in [3.8, 4) is 0 Å². The number of anilines is 1. The number of amides is 1. The highest BCUT2D eigenvalue weighted by molar-refractivity contribution is 7.99. The minimum atomic E-state index is -2.58. The summed E-state index contributed by atoms with van der Waals surface area (Å²) in [6.07, 6.45) is 0. The van der Waals surface area contributed by atoms with Crippen LogP contribution in [0.25, 0.3) is 0 Å². The number of thioether (sulfide) groups is 1. The van der Waals surface area contributed by atoms with E-state index in [2.05, 4.69) is 10.3 Å². The first-order valence-corrected chi connectivity index (χ1v) is 7.27. The highest BCUT2D eigenvalue weighted by atomic mass is 35.5. The molecule has 0 aliphatic rings. The SMILES string of the molecule is O=C(Nc1ccccc1SC(F)F)c1cc(Cl)nc(Cl)c1. The maximum absolute atomic E-state index is 12.5. The lowest BCUT2D eigenvalue weighted by atomic mass is 10.2. The van der Waals surface area contributed by atoms with Gasteiger partial charge in [-0.25, -0.2) is 4.98 Å². The maximum atomic E-state index is 12.5. The van der Waals surface area contributed by atoms with Crippen molar-refractivity contribution in [3.63, 3.8) is 0 Å². The van der Waals surface area contributed by atoms with Crippen molar-refractivity contribution in [2.75, 3.05) is 5.32 Å². The molecule has 2 rings (SSSR count). The van der Waals surface area contributed by atoms with Gasteiger partial charge in [0.2, 0.25) is 0 Å². The van der Waals surface area contributed by atoms with Gasteiger partial charge in [-0.15, -0.1) is 0 Å². The first-order chi connectivity index (χ1) is 9.95. The van der Waals surface area contributed by atoms with Crippen molar-refractivity contribution in [1.82, 2.24) is 4.98 Å². The number of nitrogens with one attached hydrogen (secondary N) is 1. The molecule has 0 aliphatic heterocycles. The summed E-state index contributed by atoms with van der Waals surface area (Å²) in [5.41, 5.74) is 0.480. The molecule has 0 spiro atoms. The maximum Gasteiger partial charge on any atom is 0.288 e. The van der Waals surface area contributed by atoms with E-state index in [1.54, 1.807) is 12.1 Å². The molecule has 3 nitrogen and oxygen atoms in total. The van der Waals surface area contributed by atoms with Crippen LogP contribution < -0.4 is 5.32 Å². The smallest absolute Gasteiger partial charge is 0.288 e. The third-order valence-electron chi connectivity index (χ3n) is 2.38. The lowest BCUT2D eigenvalue weighted by Crippen LogP contribution is -2.13. The predicted octanol–water partition coefficient (Wildman–Crippen LogP) is 4.96. The molecule has 0 atom stereocenters. The minimum Gasteiger partial charge on any atom is -0.321 e. The molecule has 110 valence electrons. The van der Waals surface area contributed by atoms with Crippen LogP contribution >= 0.6 is 35.0 Å². The highest BCUT2D eigenvalue weighted by Gasteiger charge is 2.14. The molecule has 21 heavy (non-hydrogen) atoms. The van der Waals surface area contributed by atoms with E-state index in [0.29, 0.717) is 11.8 Å². The Kier molecular flexibility index (Phi) is 5.39. The fourth-order valence-corrected chi connectivity index (χ4v) is 2.61. The van der Waals surface area contributed by atoms with E-state index in [1.807, 2.05) is 0 Å². The van der Waals surface area contributed by atoms with Gasteiger partial charge in [0.15, 0.2) is 0 Å². The van der Waals surface area contributed by atoms with E-state index in [4.69, 9.17) is 23.2 Å². The Labute approximate surface area is 133 Å². The van der Waals surface area contributed by atoms with Crippen LogP contribution in [0.1, 0.15) is 10.4 Å². The molecule has 1 heterocycles. The van der Waals surface area contributed by atoms with Crippen molar-refractivity contribution in [2.24, 2.45) is 0 Å². The van der Waals surface area contributed by atoms with Crippen molar-refractivity contribution in [2.45, 2.75) is 10.7 Å². The Balaban J connectivity index is 2.23. The topological polar surface area (TPSA) is 42.0 Å². The quantitative estimate of drug-likeness (QED) is 0.627. The number of carbonyl (C=O) groups excluding carboxylic acids is 1. The number of pyridine rings is 1. The van der Waals surface area contributed by atoms with Crippen LogP contribution in [-0.4, -0.2) is 16.6 Å². The molecule has 1 aromatic heterocycles. The molecule has 0 saturated carbocycles. The van der Waals surface area contributed by atoms with Crippen LogP contribution in [0, 0.1) is 0 Å². The summed E-state index contributed by atoms with van der Waals surface area (Å²) in [7, 11) is 0. The number of aromatic nitrogens is 1. The summed E-state index contributed by atoms with van der Waals surface area (Å²) >= 11 is 11.8. The first kappa shape index (κ1) is 16.0. The highest BCUT2D eigenvalue weighted by Crippen LogP contribution is 2.32. The average Bonchev–Trinajstić information content (AvgIpc) is 2.39. The zero-order valence-electron chi connectivity index (χ0n) is 10.3. The number of hydrogen-bond acceptors (Lipinski definition) is 3. The Morgan fingerprint density at radius 1 is 1.19 bits per heavy atom. The van der Waals surface area contributed by atoms with E-state index in [0.717, 1.165) is 0 Å². The monoisotopic (exact) mass is 348 g/mol. The Hall–Kier alpha value is -1.37. The van der Waals surface area contributed by atoms with Gasteiger partial charge in [0.1, 0.15) is 10.3 Å². The number of rotatable bonds is 4. The second kappa shape index (κ2) is 7.06. The number of nitrogens with zero attached hydrogens (tertiary/aromatic N) is 1. The standard InChI is InChI=1S/C13H8Cl2F2N2OS/c14-10-5-7(6-11(15)19-10)12(20)18-8-3-1-2-4-9(8)21-13(16)17/h1-6,13H,(H,18,20). The van der Waals surface area contributed by atoms with Crippen molar-refractivity contribution < 1.29 is 13.6 Å². The molecule has 0 bridgehead atoms. The van der Waals surface area contributed by atoms with Gasteiger partial charge in [-0.1, -0.05) is 47.1 Å². The minimum absolute atomic E-state index is 0.0721. The lowest BCUT2D eigenvalue weighted by Gasteiger charge is -2.10. The Morgan fingerprint density at radius 2 is 1.81 bits per heavy atom. The molecular formula is C13H8Cl2F2N2OS. The fourth-order valence-electron chi connectivity index (χ4n) is 1.56. The summed E-state index contributed by atoms with van der Waals surface area (Å²) in [4.78, 5) is 16.1. The second-order valence-electron chi connectivity index (χ2n) is 3.83. The first-order valence-electron chi connectivity index (χ1n) is 5.64. The third-order valence-corrected chi connectivity index (χ3v) is 3.55. The van der Waals surface area contributed by atoms with Gasteiger partial charge in [-0.3, -0.25) is 4.79 Å². The normalized spacial score (nSPS) is 10.7. The molecule has 8 heteroatoms. The largest absolute Gasteiger partial charge is 0.321 e. The lowest BCUT2D eigenvalue weighted by molar-refractivity contribution is 0.102. The molecule has 1 amide bonds. The number of para-hydroxylation sites is 1. The van der Waals surface area contributed by atoms with Gasteiger partial charge in [-0.2, -0.15) is 8.78 Å². The van der Waals surface area contributed by atoms with Gasteiger partial charge in [0, 0.05) is 10.5 Å². The van der Waals surface area contributed by atoms with E-state index in [1.165, 1.54) is 24.3 Å². The zero-order chi connectivity index (χ0) is 15.4. The van der Waals surface area contributed by atoms with Crippen molar-refractivity contribution in [3.05, 3.63) is 52.3 Å². The van der Waals surface area contributed by atoms with E-state index >= 15 is 0 Å². The summed E-state index contributed by atoms with van der Waals surface area (Å²) in [6, 6.07) is 8.96. The number of carbonyl (C=O) groups is 1. The van der Waals surface area contributed by atoms with Gasteiger partial charge in [0.05, 0.1) is 5.69 Å². The number of benzene rings is 1. The summed E-state index contributed by atoms with van der Waals surface area (Å²) in [5, 5.41) is 2.69. The molecule has 0 saturated heterocycles. The van der Waals surface area contributed by atoms with E-state index in [9.17, 15) is 13.6 Å².